The number of halogens is 2. The number of hydrogen-bond acceptors (Lipinski definition) is 5. The van der Waals surface area contributed by atoms with E-state index in [9.17, 15) is 13.6 Å². The van der Waals surface area contributed by atoms with Crippen LogP contribution >= 0.6 is 0 Å². The maximum atomic E-state index is 14.3. The van der Waals surface area contributed by atoms with E-state index in [1.54, 1.807) is 37.2 Å². The lowest BCUT2D eigenvalue weighted by Crippen LogP contribution is -2.28. The maximum Gasteiger partial charge on any atom is 0.262 e. The monoisotopic (exact) mass is 465 g/mol. The highest BCUT2D eigenvalue weighted by Gasteiger charge is 2.32. The van der Waals surface area contributed by atoms with Gasteiger partial charge in [0.2, 0.25) is 0 Å². The number of nitrogens with zero attached hydrogens (tertiary/aromatic N) is 4. The minimum absolute atomic E-state index is 0.0175. The Kier molecular flexibility index (Phi) is 5.63. The molecule has 0 atom stereocenters. The third kappa shape index (κ3) is 4.30. The summed E-state index contributed by atoms with van der Waals surface area (Å²) < 4.78 is 35.5. The van der Waals surface area contributed by atoms with Gasteiger partial charge in [0, 0.05) is 18.2 Å². The van der Waals surface area contributed by atoms with Crippen molar-refractivity contribution in [2.45, 2.75) is 50.7 Å². The predicted octanol–water partition coefficient (Wildman–Crippen LogP) is 4.76. The van der Waals surface area contributed by atoms with Crippen molar-refractivity contribution >= 4 is 11.0 Å². The number of alkyl halides is 1. The van der Waals surface area contributed by atoms with Gasteiger partial charge in [0.05, 0.1) is 25.5 Å². The number of methoxy groups -OCH3 is 1. The molecular formula is C25H25F2N5O2. The molecule has 3 heterocycles. The smallest absolute Gasteiger partial charge is 0.262 e. The molecule has 176 valence electrons. The fourth-order valence-corrected chi connectivity index (χ4v) is 4.63. The van der Waals surface area contributed by atoms with Gasteiger partial charge in [0.25, 0.3) is 5.56 Å². The molecule has 34 heavy (non-hydrogen) atoms. The predicted molar refractivity (Wildman–Crippen MR) is 124 cm³/mol. The average molecular weight is 466 g/mol. The molecule has 0 spiro atoms. The second-order valence-corrected chi connectivity index (χ2v) is 9.08. The van der Waals surface area contributed by atoms with Gasteiger partial charge in [0.1, 0.15) is 28.4 Å². The average Bonchev–Trinajstić information content (AvgIpc) is 3.24. The van der Waals surface area contributed by atoms with Crippen molar-refractivity contribution in [3.8, 4) is 16.9 Å². The highest BCUT2D eigenvalue weighted by molar-refractivity contribution is 5.73. The molecule has 0 unspecified atom stereocenters. The van der Waals surface area contributed by atoms with E-state index in [0.717, 1.165) is 11.1 Å². The van der Waals surface area contributed by atoms with Crippen molar-refractivity contribution in [2.75, 3.05) is 7.11 Å². The summed E-state index contributed by atoms with van der Waals surface area (Å²) in [4.78, 5) is 24.5. The molecule has 5 rings (SSSR count). The molecule has 7 nitrogen and oxygen atoms in total. The zero-order chi connectivity index (χ0) is 23.9. The maximum absolute atomic E-state index is 14.3. The zero-order valence-electron chi connectivity index (χ0n) is 19.0. The van der Waals surface area contributed by atoms with Crippen LogP contribution in [0.4, 0.5) is 8.78 Å². The number of pyridine rings is 1. The van der Waals surface area contributed by atoms with Crippen molar-refractivity contribution < 1.29 is 13.5 Å². The van der Waals surface area contributed by atoms with Crippen LogP contribution in [0.1, 0.15) is 50.0 Å². The highest BCUT2D eigenvalue weighted by atomic mass is 19.1. The first-order valence-corrected chi connectivity index (χ1v) is 11.3. The summed E-state index contributed by atoms with van der Waals surface area (Å²) >= 11 is 0. The van der Waals surface area contributed by atoms with Crippen LogP contribution in [0.3, 0.4) is 0 Å². The van der Waals surface area contributed by atoms with Crippen LogP contribution in [0.2, 0.25) is 0 Å². The van der Waals surface area contributed by atoms with Crippen molar-refractivity contribution in [3.05, 3.63) is 70.4 Å². The van der Waals surface area contributed by atoms with Gasteiger partial charge in [-0.15, -0.1) is 0 Å². The van der Waals surface area contributed by atoms with Crippen molar-refractivity contribution in [1.29, 1.82) is 0 Å². The van der Waals surface area contributed by atoms with E-state index in [2.05, 4.69) is 20.1 Å². The van der Waals surface area contributed by atoms with E-state index in [1.165, 1.54) is 18.3 Å². The molecule has 9 heteroatoms. The number of ether oxygens (including phenoxy) is 1. The van der Waals surface area contributed by atoms with Gasteiger partial charge in [-0.25, -0.2) is 18.4 Å². The first-order chi connectivity index (χ1) is 16.3. The number of benzene rings is 1. The minimum atomic E-state index is -1.17. The fraction of sp³-hybridized carbons (Fsp3) is 0.360. The summed E-state index contributed by atoms with van der Waals surface area (Å²) in [7, 11) is 1.56. The molecule has 1 fully saturated rings. The molecule has 1 aliphatic rings. The number of hydrogen-bond donors (Lipinski definition) is 1. The standard InChI is InChI=1S/C25H25F2N5O2/c1-25(27)7-5-18(6-8-25)32-23-21(14-29-32)24(33)31-22(30-23)11-15-9-17(26)3-4-20(15)16-10-19(34-2)13-28-12-16/h3-4,9-10,12-14,18H,5-8,11H2,1-2H3,(H,30,31,33). The minimum Gasteiger partial charge on any atom is -0.495 e. The summed E-state index contributed by atoms with van der Waals surface area (Å²) in [6.07, 6.45) is 7.12. The lowest BCUT2D eigenvalue weighted by Gasteiger charge is -2.31. The van der Waals surface area contributed by atoms with Gasteiger partial charge >= 0.3 is 0 Å². The van der Waals surface area contributed by atoms with Gasteiger partial charge in [-0.05, 0) is 61.9 Å². The quantitative estimate of drug-likeness (QED) is 0.459. The molecule has 1 aromatic carbocycles. The van der Waals surface area contributed by atoms with Crippen LogP contribution < -0.4 is 10.3 Å². The lowest BCUT2D eigenvalue weighted by atomic mass is 9.85. The molecule has 0 saturated heterocycles. The number of rotatable bonds is 5. The second kappa shape index (κ2) is 8.62. The molecule has 4 aromatic rings. The molecular weight excluding hydrogens is 440 g/mol. The summed E-state index contributed by atoms with van der Waals surface area (Å²) in [6, 6.07) is 6.29. The van der Waals surface area contributed by atoms with E-state index in [0.29, 0.717) is 53.9 Å². The van der Waals surface area contributed by atoms with Crippen LogP contribution in [0.5, 0.6) is 5.75 Å². The normalized spacial score (nSPS) is 20.5. The fourth-order valence-electron chi connectivity index (χ4n) is 4.63. The van der Waals surface area contributed by atoms with Gasteiger partial charge in [0.15, 0.2) is 5.65 Å². The van der Waals surface area contributed by atoms with E-state index in [4.69, 9.17) is 4.74 Å². The van der Waals surface area contributed by atoms with Gasteiger partial charge in [-0.2, -0.15) is 5.10 Å². The summed E-state index contributed by atoms with van der Waals surface area (Å²) in [5, 5.41) is 4.79. The Balaban J connectivity index is 1.52. The summed E-state index contributed by atoms with van der Waals surface area (Å²) in [5.74, 6) is 0.592. The van der Waals surface area contributed by atoms with Crippen LogP contribution in [0.25, 0.3) is 22.2 Å². The summed E-state index contributed by atoms with van der Waals surface area (Å²) in [5.41, 5.74) is 1.16. The number of fused-ring (bicyclic) bond motifs is 1. The molecule has 3 aromatic heterocycles. The van der Waals surface area contributed by atoms with E-state index < -0.39 is 5.67 Å². The topological polar surface area (TPSA) is 85.7 Å². The number of nitrogens with one attached hydrogen (secondary N) is 1. The van der Waals surface area contributed by atoms with E-state index >= 15 is 0 Å². The van der Waals surface area contributed by atoms with Crippen molar-refractivity contribution in [2.24, 2.45) is 0 Å². The Morgan fingerprint density at radius 1 is 1.21 bits per heavy atom. The Morgan fingerprint density at radius 3 is 2.76 bits per heavy atom. The molecule has 0 bridgehead atoms. The van der Waals surface area contributed by atoms with E-state index in [1.807, 2.05) is 6.07 Å². The zero-order valence-corrected chi connectivity index (χ0v) is 19.0. The highest BCUT2D eigenvalue weighted by Crippen LogP contribution is 2.37. The molecule has 0 amide bonds. The van der Waals surface area contributed by atoms with Crippen LogP contribution in [0, 0.1) is 5.82 Å². The van der Waals surface area contributed by atoms with Gasteiger partial charge < -0.3 is 9.72 Å². The molecule has 1 aliphatic carbocycles. The van der Waals surface area contributed by atoms with Gasteiger partial charge in [-0.1, -0.05) is 6.07 Å². The van der Waals surface area contributed by atoms with Crippen molar-refractivity contribution in [1.82, 2.24) is 24.7 Å². The van der Waals surface area contributed by atoms with Crippen LogP contribution in [-0.4, -0.2) is 37.5 Å². The van der Waals surface area contributed by atoms with Crippen LogP contribution in [0.15, 0.2) is 47.7 Å². The molecule has 1 saturated carbocycles. The summed E-state index contributed by atoms with van der Waals surface area (Å²) in [6.45, 7) is 1.62. The lowest BCUT2D eigenvalue weighted by molar-refractivity contribution is 0.103. The SMILES string of the molecule is COc1cncc(-c2ccc(F)cc2Cc2nc3c(cnn3C3CCC(C)(F)CC3)c(=O)[nH]2)c1. The first-order valence-electron chi connectivity index (χ1n) is 11.3. The largest absolute Gasteiger partial charge is 0.495 e. The van der Waals surface area contributed by atoms with Gasteiger partial charge in [-0.3, -0.25) is 9.78 Å². The Hall–Kier alpha value is -3.62. The molecule has 0 radical (unpaired) electrons. The van der Waals surface area contributed by atoms with E-state index in [-0.39, 0.29) is 23.8 Å². The third-order valence-corrected chi connectivity index (χ3v) is 6.54. The molecule has 1 N–H and O–H groups in total. The second-order valence-electron chi connectivity index (χ2n) is 9.08. The first kappa shape index (κ1) is 22.2. The third-order valence-electron chi connectivity index (χ3n) is 6.54. The number of aromatic nitrogens is 5. The Bertz CT molecular complexity index is 1400. The Morgan fingerprint density at radius 2 is 2.00 bits per heavy atom. The number of aromatic amines is 1. The number of H-pyrrole nitrogens is 1. The Labute approximate surface area is 194 Å². The van der Waals surface area contributed by atoms with Crippen molar-refractivity contribution in [3.63, 3.8) is 0 Å². The molecule has 0 aliphatic heterocycles. The van der Waals surface area contributed by atoms with Crippen LogP contribution in [-0.2, 0) is 6.42 Å².